The summed E-state index contributed by atoms with van der Waals surface area (Å²) in [5.41, 5.74) is -5.13. The second-order valence-corrected chi connectivity index (χ2v) is 5.17. The lowest BCUT2D eigenvalue weighted by molar-refractivity contribution is -0.139. The van der Waals surface area contributed by atoms with E-state index in [1.54, 1.807) is 0 Å². The van der Waals surface area contributed by atoms with Gasteiger partial charge in [-0.2, -0.15) is 21.6 Å². The molecular formula is C10H10F3NO4S. The quantitative estimate of drug-likeness (QED) is 0.858. The molecule has 0 aliphatic rings. The number of sulfonamides is 1. The number of carbonyl (C=O) groups is 1. The highest BCUT2D eigenvalue weighted by Crippen LogP contribution is 2.25. The number of ether oxygens (including phenoxy) is 1. The third-order valence-electron chi connectivity index (χ3n) is 2.09. The molecule has 9 heteroatoms. The van der Waals surface area contributed by atoms with Crippen LogP contribution in [0, 0.1) is 0 Å². The normalized spacial score (nSPS) is 12.0. The molecule has 0 aliphatic carbocycles. The van der Waals surface area contributed by atoms with E-state index in [1.165, 1.54) is 24.0 Å². The average Bonchev–Trinajstić information content (AvgIpc) is 2.29. The number of hydrogen-bond donors (Lipinski definition) is 1. The number of halogens is 3. The van der Waals surface area contributed by atoms with Crippen LogP contribution in [-0.2, 0) is 26.0 Å². The number of esters is 1. The molecule has 0 saturated heterocycles. The summed E-state index contributed by atoms with van der Waals surface area (Å²) in [7, 11) is -4.23. The van der Waals surface area contributed by atoms with Gasteiger partial charge in [-0.3, -0.25) is 9.52 Å². The lowest BCUT2D eigenvalue weighted by Crippen LogP contribution is -2.29. The van der Waals surface area contributed by atoms with Gasteiger partial charge < -0.3 is 4.74 Å². The molecule has 1 rings (SSSR count). The van der Waals surface area contributed by atoms with Crippen molar-refractivity contribution in [2.75, 3.05) is 11.8 Å². The summed E-state index contributed by atoms with van der Waals surface area (Å²) in [4.78, 5) is 10.9. The fraction of sp³-hybridized carbons (Fsp3) is 0.300. The van der Waals surface area contributed by atoms with Crippen LogP contribution in [-0.4, -0.2) is 27.0 Å². The van der Waals surface area contributed by atoms with E-state index in [9.17, 15) is 26.4 Å². The Labute approximate surface area is 107 Å². The van der Waals surface area contributed by atoms with Gasteiger partial charge in [0.25, 0.3) is 0 Å². The molecule has 0 bridgehead atoms. The summed E-state index contributed by atoms with van der Waals surface area (Å²) in [5, 5.41) is 0. The Morgan fingerprint density at radius 3 is 2.21 bits per heavy atom. The fourth-order valence-corrected chi connectivity index (χ4v) is 1.70. The molecule has 0 spiro atoms. The molecule has 0 radical (unpaired) electrons. The first kappa shape index (κ1) is 15.3. The molecule has 0 saturated carbocycles. The number of benzene rings is 1. The number of nitrogens with one attached hydrogen (secondary N) is 1. The lowest BCUT2D eigenvalue weighted by atomic mass is 10.1. The number of carbonyl (C=O) groups excluding carboxylic acids is 1. The van der Waals surface area contributed by atoms with E-state index >= 15 is 0 Å². The van der Waals surface area contributed by atoms with Crippen LogP contribution in [0.2, 0.25) is 0 Å². The maximum Gasteiger partial charge on any atom is 0.516 e. The van der Waals surface area contributed by atoms with Crippen molar-refractivity contribution < 1.29 is 31.1 Å². The van der Waals surface area contributed by atoms with Gasteiger partial charge in [-0.25, -0.2) is 0 Å². The molecule has 0 atom stereocenters. The van der Waals surface area contributed by atoms with Crippen molar-refractivity contribution in [2.24, 2.45) is 0 Å². The van der Waals surface area contributed by atoms with E-state index in [2.05, 4.69) is 4.74 Å². The molecule has 1 N–H and O–H groups in total. The van der Waals surface area contributed by atoms with Gasteiger partial charge in [0.2, 0.25) is 0 Å². The van der Waals surface area contributed by atoms with Crippen LogP contribution in [0.1, 0.15) is 5.56 Å². The fourth-order valence-electron chi connectivity index (χ4n) is 1.14. The highest BCUT2D eigenvalue weighted by atomic mass is 32.2. The molecule has 19 heavy (non-hydrogen) atoms. The van der Waals surface area contributed by atoms with E-state index in [1.807, 2.05) is 0 Å². The van der Waals surface area contributed by atoms with Crippen molar-refractivity contribution in [1.29, 1.82) is 0 Å². The number of alkyl halides is 3. The van der Waals surface area contributed by atoms with Crippen molar-refractivity contribution in [3.05, 3.63) is 29.8 Å². The molecule has 106 valence electrons. The summed E-state index contributed by atoms with van der Waals surface area (Å²) in [6.45, 7) is 0. The minimum atomic E-state index is -5.43. The van der Waals surface area contributed by atoms with E-state index < -0.39 is 21.5 Å². The number of hydrogen-bond acceptors (Lipinski definition) is 4. The highest BCUT2D eigenvalue weighted by molar-refractivity contribution is 7.93. The van der Waals surface area contributed by atoms with Crippen LogP contribution in [0.3, 0.4) is 0 Å². The molecule has 1 aromatic rings. The second kappa shape index (κ2) is 5.47. The molecule has 1 aromatic carbocycles. The van der Waals surface area contributed by atoms with Gasteiger partial charge in [0, 0.05) is 5.69 Å². The molecule has 0 aliphatic heterocycles. The van der Waals surface area contributed by atoms with E-state index in [-0.39, 0.29) is 12.1 Å². The van der Waals surface area contributed by atoms with Crippen molar-refractivity contribution in [2.45, 2.75) is 11.9 Å². The van der Waals surface area contributed by atoms with Crippen LogP contribution in [0.15, 0.2) is 24.3 Å². The van der Waals surface area contributed by atoms with E-state index in [0.29, 0.717) is 5.56 Å². The van der Waals surface area contributed by atoms with Crippen molar-refractivity contribution in [1.82, 2.24) is 0 Å². The average molecular weight is 297 g/mol. The molecule has 0 fully saturated rings. The van der Waals surface area contributed by atoms with Gasteiger partial charge in [-0.1, -0.05) is 12.1 Å². The maximum atomic E-state index is 12.1. The Balaban J connectivity index is 2.81. The number of methoxy groups -OCH3 is 1. The summed E-state index contributed by atoms with van der Waals surface area (Å²) in [6.07, 6.45) is -0.0528. The minimum absolute atomic E-state index is 0.0528. The summed E-state index contributed by atoms with van der Waals surface area (Å²) in [6, 6.07) is 4.90. The van der Waals surface area contributed by atoms with Gasteiger partial charge in [0.15, 0.2) is 0 Å². The first-order valence-corrected chi connectivity index (χ1v) is 6.39. The van der Waals surface area contributed by atoms with Crippen LogP contribution in [0.25, 0.3) is 0 Å². The topological polar surface area (TPSA) is 72.5 Å². The van der Waals surface area contributed by atoms with Gasteiger partial charge in [-0.15, -0.1) is 0 Å². The Morgan fingerprint density at radius 1 is 1.26 bits per heavy atom. The van der Waals surface area contributed by atoms with Crippen molar-refractivity contribution in [3.63, 3.8) is 0 Å². The predicted octanol–water partition coefficient (Wildman–Crippen LogP) is 1.66. The zero-order valence-corrected chi connectivity index (χ0v) is 10.5. The third-order valence-corrected chi connectivity index (χ3v) is 3.20. The number of anilines is 1. The highest BCUT2D eigenvalue weighted by Gasteiger charge is 2.45. The minimum Gasteiger partial charge on any atom is -0.469 e. The Kier molecular flexibility index (Phi) is 4.40. The second-order valence-electron chi connectivity index (χ2n) is 3.50. The Bertz CT molecular complexity index is 551. The Hall–Kier alpha value is -1.77. The first-order chi connectivity index (χ1) is 8.65. The first-order valence-electron chi connectivity index (χ1n) is 4.90. The molecule has 0 aromatic heterocycles. The summed E-state index contributed by atoms with van der Waals surface area (Å²) < 4.78 is 63.7. The van der Waals surface area contributed by atoms with Crippen molar-refractivity contribution in [3.8, 4) is 0 Å². The standard InChI is InChI=1S/C10H10F3NO4S/c1-18-9(15)6-7-2-4-8(5-3-7)14-19(16,17)10(11,12)13/h2-5,14H,6H2,1H3. The van der Waals surface area contributed by atoms with Gasteiger partial charge >= 0.3 is 21.5 Å². The summed E-state index contributed by atoms with van der Waals surface area (Å²) in [5.74, 6) is -0.511. The van der Waals surface area contributed by atoms with Gasteiger partial charge in [-0.05, 0) is 17.7 Å². The van der Waals surface area contributed by atoms with Gasteiger partial charge in [0.1, 0.15) is 0 Å². The van der Waals surface area contributed by atoms with Crippen LogP contribution in [0.4, 0.5) is 18.9 Å². The molecule has 0 unspecified atom stereocenters. The van der Waals surface area contributed by atoms with E-state index in [0.717, 1.165) is 12.1 Å². The molecule has 0 heterocycles. The van der Waals surface area contributed by atoms with Crippen LogP contribution < -0.4 is 4.72 Å². The zero-order valence-electron chi connectivity index (χ0n) is 9.69. The number of rotatable bonds is 4. The molecule has 0 amide bonds. The Morgan fingerprint density at radius 2 is 1.79 bits per heavy atom. The smallest absolute Gasteiger partial charge is 0.469 e. The zero-order chi connectivity index (χ0) is 14.7. The monoisotopic (exact) mass is 297 g/mol. The molecule has 5 nitrogen and oxygen atoms in total. The SMILES string of the molecule is COC(=O)Cc1ccc(NS(=O)(=O)C(F)(F)F)cc1. The molecular weight excluding hydrogens is 287 g/mol. The predicted molar refractivity (Wildman–Crippen MR) is 60.8 cm³/mol. The maximum absolute atomic E-state index is 12.1. The van der Waals surface area contributed by atoms with Crippen LogP contribution >= 0.6 is 0 Å². The van der Waals surface area contributed by atoms with Gasteiger partial charge in [0.05, 0.1) is 13.5 Å². The lowest BCUT2D eigenvalue weighted by Gasteiger charge is -2.10. The van der Waals surface area contributed by atoms with Crippen molar-refractivity contribution >= 4 is 21.7 Å². The third kappa shape index (κ3) is 4.12. The summed E-state index contributed by atoms with van der Waals surface area (Å²) >= 11 is 0. The largest absolute Gasteiger partial charge is 0.516 e. The van der Waals surface area contributed by atoms with E-state index in [4.69, 9.17) is 0 Å². The van der Waals surface area contributed by atoms with Crippen LogP contribution in [0.5, 0.6) is 0 Å².